The molecular weight excluding hydrogens is 412 g/mol. The lowest BCUT2D eigenvalue weighted by Crippen LogP contribution is -2.51. The summed E-state index contributed by atoms with van der Waals surface area (Å²) in [5, 5.41) is 3.02. The van der Waals surface area contributed by atoms with Crippen molar-refractivity contribution in [1.82, 2.24) is 19.4 Å². The van der Waals surface area contributed by atoms with Crippen molar-refractivity contribution >= 4 is 15.9 Å². The van der Waals surface area contributed by atoms with E-state index in [1.165, 1.54) is 30.2 Å². The maximum absolute atomic E-state index is 12.8. The van der Waals surface area contributed by atoms with Crippen molar-refractivity contribution in [3.8, 4) is 0 Å². The van der Waals surface area contributed by atoms with Gasteiger partial charge in [-0.05, 0) is 70.3 Å². The third kappa shape index (κ3) is 7.27. The molecule has 2 heterocycles. The Hall–Kier alpha value is -1.48. The van der Waals surface area contributed by atoms with Crippen molar-refractivity contribution < 1.29 is 13.2 Å². The van der Waals surface area contributed by atoms with Gasteiger partial charge in [0.1, 0.15) is 0 Å². The molecule has 1 aromatic rings. The second kappa shape index (κ2) is 11.4. The van der Waals surface area contributed by atoms with Gasteiger partial charge < -0.3 is 10.2 Å². The highest BCUT2D eigenvalue weighted by Crippen LogP contribution is 2.18. The van der Waals surface area contributed by atoms with Crippen LogP contribution in [0.4, 0.5) is 0 Å². The van der Waals surface area contributed by atoms with Crippen molar-refractivity contribution in [1.29, 1.82) is 0 Å². The van der Waals surface area contributed by atoms with Crippen LogP contribution in [0.1, 0.15) is 38.2 Å². The number of nitrogens with zero attached hydrogens (tertiary/aromatic N) is 3. The molecule has 0 saturated carbocycles. The standard InChI is InChI=1S/C23H38N4O3S/c1-20-5-7-22(8-6-20)31(29,30)27-17-15-26(16-18-27)19-23(28)24-11-3-4-12-25-13-9-21(2)10-14-25/h5-8,21H,3-4,9-19H2,1-2H3,(H,24,28). The Morgan fingerprint density at radius 1 is 0.968 bits per heavy atom. The number of unbranched alkanes of at least 4 members (excludes halogenated alkanes) is 1. The van der Waals surface area contributed by atoms with E-state index >= 15 is 0 Å². The molecule has 1 amide bonds. The molecule has 3 rings (SSSR count). The van der Waals surface area contributed by atoms with Crippen molar-refractivity contribution in [3.63, 3.8) is 0 Å². The highest BCUT2D eigenvalue weighted by atomic mass is 32.2. The van der Waals surface area contributed by atoms with E-state index in [2.05, 4.69) is 17.1 Å². The lowest BCUT2D eigenvalue weighted by Gasteiger charge is -2.33. The fourth-order valence-electron chi connectivity index (χ4n) is 4.22. The summed E-state index contributed by atoms with van der Waals surface area (Å²) >= 11 is 0. The van der Waals surface area contributed by atoms with Crippen molar-refractivity contribution in [2.75, 3.05) is 58.9 Å². The number of aryl methyl sites for hydroxylation is 1. The first-order valence-corrected chi connectivity index (χ1v) is 13.1. The zero-order valence-corrected chi connectivity index (χ0v) is 19.9. The largest absolute Gasteiger partial charge is 0.355 e. The Labute approximate surface area is 187 Å². The molecule has 0 bridgehead atoms. The Morgan fingerprint density at radius 3 is 2.26 bits per heavy atom. The highest BCUT2D eigenvalue weighted by Gasteiger charge is 2.28. The van der Waals surface area contributed by atoms with E-state index in [0.717, 1.165) is 30.9 Å². The Morgan fingerprint density at radius 2 is 1.61 bits per heavy atom. The van der Waals surface area contributed by atoms with E-state index in [0.29, 0.717) is 44.2 Å². The maximum atomic E-state index is 12.8. The molecule has 1 aromatic carbocycles. The topological polar surface area (TPSA) is 73.0 Å². The average molecular weight is 451 g/mol. The summed E-state index contributed by atoms with van der Waals surface area (Å²) in [4.78, 5) is 17.2. The number of amides is 1. The smallest absolute Gasteiger partial charge is 0.243 e. The summed E-state index contributed by atoms with van der Waals surface area (Å²) < 4.78 is 27.1. The molecule has 0 aliphatic carbocycles. The van der Waals surface area contributed by atoms with E-state index in [9.17, 15) is 13.2 Å². The van der Waals surface area contributed by atoms with Gasteiger partial charge in [0, 0.05) is 32.7 Å². The van der Waals surface area contributed by atoms with Gasteiger partial charge >= 0.3 is 0 Å². The Bertz CT molecular complexity index is 797. The molecule has 2 saturated heterocycles. The van der Waals surface area contributed by atoms with Gasteiger partial charge in [0.25, 0.3) is 0 Å². The summed E-state index contributed by atoms with van der Waals surface area (Å²) in [6.07, 6.45) is 4.72. The van der Waals surface area contributed by atoms with Crippen LogP contribution in [0.25, 0.3) is 0 Å². The minimum atomic E-state index is -3.46. The molecule has 0 unspecified atom stereocenters. The van der Waals surface area contributed by atoms with Crippen LogP contribution in [-0.2, 0) is 14.8 Å². The number of rotatable bonds is 9. The van der Waals surface area contributed by atoms with Gasteiger partial charge in [-0.15, -0.1) is 0 Å². The molecular formula is C23H38N4O3S. The number of piperazine rings is 1. The first-order valence-electron chi connectivity index (χ1n) is 11.6. The van der Waals surface area contributed by atoms with Gasteiger partial charge in [0.05, 0.1) is 11.4 Å². The maximum Gasteiger partial charge on any atom is 0.243 e. The molecule has 174 valence electrons. The average Bonchev–Trinajstić information content (AvgIpc) is 2.75. The van der Waals surface area contributed by atoms with Crippen molar-refractivity contribution in [3.05, 3.63) is 29.8 Å². The zero-order chi connectivity index (χ0) is 22.3. The van der Waals surface area contributed by atoms with E-state index in [-0.39, 0.29) is 5.91 Å². The quantitative estimate of drug-likeness (QED) is 0.582. The second-order valence-electron chi connectivity index (χ2n) is 9.07. The molecule has 0 radical (unpaired) electrons. The summed E-state index contributed by atoms with van der Waals surface area (Å²) in [5.74, 6) is 0.891. The zero-order valence-electron chi connectivity index (χ0n) is 19.1. The van der Waals surface area contributed by atoms with Crippen LogP contribution in [-0.4, -0.2) is 87.3 Å². The van der Waals surface area contributed by atoms with Gasteiger partial charge in [-0.3, -0.25) is 9.69 Å². The fraction of sp³-hybridized carbons (Fsp3) is 0.696. The number of likely N-dealkylation sites (tertiary alicyclic amines) is 1. The number of sulfonamides is 1. The van der Waals surface area contributed by atoms with E-state index in [1.54, 1.807) is 12.1 Å². The van der Waals surface area contributed by atoms with Gasteiger partial charge in [0.15, 0.2) is 0 Å². The predicted octanol–water partition coefficient (Wildman–Crippen LogP) is 1.93. The van der Waals surface area contributed by atoms with Crippen LogP contribution in [0.15, 0.2) is 29.2 Å². The number of nitrogens with one attached hydrogen (secondary N) is 1. The lowest BCUT2D eigenvalue weighted by atomic mass is 9.99. The van der Waals surface area contributed by atoms with E-state index in [4.69, 9.17) is 0 Å². The highest BCUT2D eigenvalue weighted by molar-refractivity contribution is 7.89. The number of benzene rings is 1. The molecule has 2 aliphatic heterocycles. The summed E-state index contributed by atoms with van der Waals surface area (Å²) in [6.45, 7) is 10.8. The fourth-order valence-corrected chi connectivity index (χ4v) is 5.64. The second-order valence-corrected chi connectivity index (χ2v) is 11.0. The molecule has 31 heavy (non-hydrogen) atoms. The monoisotopic (exact) mass is 450 g/mol. The summed E-state index contributed by atoms with van der Waals surface area (Å²) in [5.41, 5.74) is 1.04. The molecule has 8 heteroatoms. The number of hydrogen-bond donors (Lipinski definition) is 1. The normalized spacial score (nSPS) is 20.1. The summed E-state index contributed by atoms with van der Waals surface area (Å²) in [6, 6.07) is 6.97. The molecule has 2 fully saturated rings. The summed E-state index contributed by atoms with van der Waals surface area (Å²) in [7, 11) is -3.46. The molecule has 7 nitrogen and oxygen atoms in total. The third-order valence-corrected chi connectivity index (χ3v) is 8.37. The Balaban J connectivity index is 1.30. The molecule has 0 spiro atoms. The minimum Gasteiger partial charge on any atom is -0.355 e. The molecule has 2 aliphatic rings. The minimum absolute atomic E-state index is 0.0293. The lowest BCUT2D eigenvalue weighted by molar-refractivity contribution is -0.122. The van der Waals surface area contributed by atoms with Crippen LogP contribution in [0, 0.1) is 12.8 Å². The Kier molecular flexibility index (Phi) is 8.89. The van der Waals surface area contributed by atoms with Crippen LogP contribution in [0.3, 0.4) is 0 Å². The SMILES string of the molecule is Cc1ccc(S(=O)(=O)N2CCN(CC(=O)NCCCCN3CCC(C)CC3)CC2)cc1. The van der Waals surface area contributed by atoms with Crippen molar-refractivity contribution in [2.24, 2.45) is 5.92 Å². The van der Waals surface area contributed by atoms with E-state index < -0.39 is 10.0 Å². The molecule has 0 atom stereocenters. The number of carbonyl (C=O) groups is 1. The van der Waals surface area contributed by atoms with Crippen LogP contribution < -0.4 is 5.32 Å². The van der Waals surface area contributed by atoms with Gasteiger partial charge in [-0.1, -0.05) is 24.6 Å². The van der Waals surface area contributed by atoms with E-state index in [1.807, 2.05) is 24.0 Å². The molecule has 0 aromatic heterocycles. The first kappa shape index (κ1) is 24.2. The van der Waals surface area contributed by atoms with Gasteiger partial charge in [-0.2, -0.15) is 4.31 Å². The van der Waals surface area contributed by atoms with Crippen LogP contribution in [0.2, 0.25) is 0 Å². The van der Waals surface area contributed by atoms with Crippen molar-refractivity contribution in [2.45, 2.75) is 44.4 Å². The first-order chi connectivity index (χ1) is 14.8. The third-order valence-electron chi connectivity index (χ3n) is 6.46. The predicted molar refractivity (Wildman–Crippen MR) is 123 cm³/mol. The molecule has 1 N–H and O–H groups in total. The number of carbonyl (C=O) groups excluding carboxylic acids is 1. The number of piperidine rings is 1. The van der Waals surface area contributed by atoms with Crippen LogP contribution >= 0.6 is 0 Å². The van der Waals surface area contributed by atoms with Crippen LogP contribution in [0.5, 0.6) is 0 Å². The van der Waals surface area contributed by atoms with Gasteiger partial charge in [0.2, 0.25) is 15.9 Å². The van der Waals surface area contributed by atoms with Gasteiger partial charge in [-0.25, -0.2) is 8.42 Å². The number of hydrogen-bond acceptors (Lipinski definition) is 5.